The van der Waals surface area contributed by atoms with Crippen LogP contribution in [0.15, 0.2) is 158 Å². The number of thiocarbonyl (C=S) groups is 2. The summed E-state index contributed by atoms with van der Waals surface area (Å²) in [6.45, 7) is 3.54. The van der Waals surface area contributed by atoms with Gasteiger partial charge in [0.1, 0.15) is 0 Å². The highest BCUT2D eigenvalue weighted by Crippen LogP contribution is 2.57. The van der Waals surface area contributed by atoms with E-state index in [1.807, 2.05) is 72.8 Å². The molecule has 2 aliphatic heterocycles. The van der Waals surface area contributed by atoms with E-state index in [1.54, 1.807) is 0 Å². The minimum Gasteiger partial charge on any atom is -0.395 e. The van der Waals surface area contributed by atoms with Gasteiger partial charge in [-0.15, -0.1) is 0 Å². The van der Waals surface area contributed by atoms with Crippen molar-refractivity contribution < 1.29 is 62.3 Å². The van der Waals surface area contributed by atoms with E-state index in [0.717, 1.165) is 37.6 Å². The van der Waals surface area contributed by atoms with Gasteiger partial charge in [-0.1, -0.05) is 72.8 Å². The van der Waals surface area contributed by atoms with Gasteiger partial charge in [0, 0.05) is 73.4 Å². The van der Waals surface area contributed by atoms with Crippen molar-refractivity contribution in [1.82, 2.24) is 10.6 Å². The molecule has 6 aromatic rings. The molecule has 2 saturated heterocycles. The fourth-order valence-corrected chi connectivity index (χ4v) is 12.1. The largest absolute Gasteiger partial charge is 0.416 e. The number of benzene rings is 6. The summed E-state index contributed by atoms with van der Waals surface area (Å²) in [7, 11) is -2.03. The molecular weight excluding hydrogens is 1130 g/mol. The third-order valence-electron chi connectivity index (χ3n) is 10.8. The Kier molecular flexibility index (Phi) is 21.3. The number of rotatable bonds is 12. The van der Waals surface area contributed by atoms with Crippen LogP contribution in [-0.4, -0.2) is 67.8 Å². The van der Waals surface area contributed by atoms with Crippen LogP contribution in [-0.2, 0) is 29.2 Å². The van der Waals surface area contributed by atoms with Gasteiger partial charge in [0.15, 0.2) is 17.8 Å². The molecule has 0 bridgehead atoms. The minimum atomic E-state index is -4.95. The fraction of sp³-hybridized carbons (Fsp3) is 0.240. The second kappa shape index (κ2) is 27.1. The minimum absolute atomic E-state index is 0.0108. The molecule has 2 fully saturated rings. The summed E-state index contributed by atoms with van der Waals surface area (Å²) in [5.74, 6) is 0. The van der Waals surface area contributed by atoms with Crippen molar-refractivity contribution in [3.8, 4) is 0 Å². The van der Waals surface area contributed by atoms with Crippen molar-refractivity contribution in [3.05, 3.63) is 180 Å². The van der Waals surface area contributed by atoms with Crippen LogP contribution in [0.25, 0.3) is 0 Å². The van der Waals surface area contributed by atoms with Crippen LogP contribution in [0.2, 0.25) is 0 Å². The third-order valence-corrected chi connectivity index (χ3v) is 16.1. The predicted octanol–water partition coefficient (Wildman–Crippen LogP) is 14.8. The van der Waals surface area contributed by atoms with Gasteiger partial charge in [-0.2, -0.15) is 52.7 Å². The number of aliphatic hydroxyl groups excluding tert-OH is 1. The monoisotopic (exact) mass is 1180 g/mol. The molecule has 77 heavy (non-hydrogen) atoms. The average Bonchev–Trinajstić information content (AvgIpc) is 4.02. The molecule has 2 heterocycles. The van der Waals surface area contributed by atoms with Crippen molar-refractivity contribution in [2.75, 3.05) is 81.8 Å². The van der Waals surface area contributed by atoms with E-state index in [1.165, 1.54) is 11.4 Å². The molecule has 6 aromatic carbocycles. The van der Waals surface area contributed by atoms with Crippen molar-refractivity contribution in [1.29, 1.82) is 0 Å². The van der Waals surface area contributed by atoms with E-state index < -0.39 is 74.4 Å². The molecule has 0 amide bonds. The number of hydrogen-bond donors (Lipinski definition) is 5. The predicted molar refractivity (Wildman–Crippen MR) is 289 cm³/mol. The Bertz CT molecular complexity index is 2680. The molecule has 10 nitrogen and oxygen atoms in total. The second-order valence-electron chi connectivity index (χ2n) is 16.2. The summed E-state index contributed by atoms with van der Waals surface area (Å²) in [6.07, 6.45) is -19.7. The summed E-state index contributed by atoms with van der Waals surface area (Å²) in [4.78, 5) is 0. The first-order valence-corrected chi connectivity index (χ1v) is 27.0. The van der Waals surface area contributed by atoms with Gasteiger partial charge >= 0.3 is 24.7 Å². The number of nitrogens with zero attached hydrogens (tertiary/aromatic N) is 4. The Morgan fingerprint density at radius 1 is 0.468 bits per heavy atom. The zero-order valence-corrected chi connectivity index (χ0v) is 44.1. The highest BCUT2D eigenvalue weighted by molar-refractivity contribution is 7.86. The van der Waals surface area contributed by atoms with Crippen LogP contribution >= 0.6 is 51.7 Å². The highest BCUT2D eigenvalue weighted by Gasteiger charge is 2.39. The van der Waals surface area contributed by atoms with Crippen molar-refractivity contribution in [3.63, 3.8) is 0 Å². The molecule has 0 saturated carbocycles. The maximum absolute atomic E-state index is 13.1. The fourth-order valence-electron chi connectivity index (χ4n) is 7.29. The molecule has 2 aliphatic rings. The molecular formula is C50H47ClF12N8O2P2S2. The summed E-state index contributed by atoms with van der Waals surface area (Å²) in [5, 5.41) is 18.0. The van der Waals surface area contributed by atoms with E-state index in [0.29, 0.717) is 24.3 Å². The van der Waals surface area contributed by atoms with Crippen LogP contribution < -0.4 is 39.9 Å². The van der Waals surface area contributed by atoms with E-state index in [4.69, 9.17) is 33.1 Å². The van der Waals surface area contributed by atoms with E-state index in [9.17, 15) is 52.7 Å². The first-order chi connectivity index (χ1) is 36.4. The Labute approximate surface area is 453 Å². The zero-order chi connectivity index (χ0) is 56.0. The first-order valence-electron chi connectivity index (χ1n) is 22.9. The Balaban J connectivity index is 0.000000207. The SMILES string of the molecule is ClP1N(c2ccccc2)CCN1c1ccccc1.FC(F)(F)c1cc(NC(=S)NCCOP2N(c3ccccc3)CCN2c2ccccc2)cc(C(F)(F)F)c1.OCCNC(=S)Nc1cc(C(F)(F)F)cc(C(F)(F)F)c1. The van der Waals surface area contributed by atoms with Gasteiger partial charge in [0.2, 0.25) is 8.45 Å². The highest BCUT2D eigenvalue weighted by atomic mass is 35.7. The standard InChI is InChI=1S/C25H23F6N4OPS.C14H14ClN2P.C11H10F6N2OS/c26-24(27,28)18-15-19(25(29,30)31)17-20(16-18)33-23(38)32-11-14-36-37-34(21-7-3-1-4-8-21)12-13-35(37)22-9-5-2-6-10-22;15-18-16(13-7-3-1-4-8-13)11-12-17(18)14-9-5-2-6-10-14;12-10(13,14)6-3-7(11(15,16)17)5-8(4-6)19-9(21)18-1-2-20/h1-10,15-17H,11-14H2,(H2,32,33,38);1-10H,11-12H2;3-5,20H,1-2H2,(H2,18,19,21). The van der Waals surface area contributed by atoms with Gasteiger partial charge in [0.05, 0.1) is 35.5 Å². The number of nitrogens with one attached hydrogen (secondary N) is 4. The van der Waals surface area contributed by atoms with Gasteiger partial charge in [-0.3, -0.25) is 0 Å². The summed E-state index contributed by atoms with van der Waals surface area (Å²) in [5.41, 5.74) is -2.18. The lowest BCUT2D eigenvalue weighted by Crippen LogP contribution is -2.32. The molecule has 0 radical (unpaired) electrons. The average molecular weight is 1180 g/mol. The molecule has 0 aromatic heterocycles. The van der Waals surface area contributed by atoms with Crippen LogP contribution in [0.4, 0.5) is 86.8 Å². The molecule has 0 atom stereocenters. The normalized spacial score (nSPS) is 14.3. The summed E-state index contributed by atoms with van der Waals surface area (Å²) >= 11 is 16.4. The number of alkyl halides is 12. The molecule has 0 aliphatic carbocycles. The second-order valence-corrected chi connectivity index (χ2v) is 21.1. The number of hydrogen-bond acceptors (Lipinski definition) is 8. The van der Waals surface area contributed by atoms with E-state index in [2.05, 4.69) is 101 Å². The van der Waals surface area contributed by atoms with Crippen LogP contribution in [0, 0.1) is 0 Å². The van der Waals surface area contributed by atoms with Crippen molar-refractivity contribution in [2.24, 2.45) is 0 Å². The van der Waals surface area contributed by atoms with Gasteiger partial charge in [0.25, 0.3) is 0 Å². The third kappa shape index (κ3) is 17.8. The van der Waals surface area contributed by atoms with Crippen molar-refractivity contribution >= 4 is 96.1 Å². The topological polar surface area (TPSA) is 90.5 Å². The Morgan fingerprint density at radius 3 is 1.05 bits per heavy atom. The Hall–Kier alpha value is -5.87. The van der Waals surface area contributed by atoms with Crippen LogP contribution in [0.5, 0.6) is 0 Å². The van der Waals surface area contributed by atoms with Gasteiger partial charge in [-0.05, 0) is 121 Å². The summed E-state index contributed by atoms with van der Waals surface area (Å²) in [6, 6.07) is 42.6. The van der Waals surface area contributed by atoms with Crippen LogP contribution in [0.1, 0.15) is 22.3 Å². The van der Waals surface area contributed by atoms with E-state index >= 15 is 0 Å². The lowest BCUT2D eigenvalue weighted by Gasteiger charge is -2.30. The smallest absolute Gasteiger partial charge is 0.395 e. The number of aliphatic hydroxyl groups is 1. The molecule has 0 spiro atoms. The van der Waals surface area contributed by atoms with Crippen LogP contribution in [0.3, 0.4) is 0 Å². The van der Waals surface area contributed by atoms with Gasteiger partial charge in [-0.25, -0.2) is 0 Å². The number of anilines is 6. The lowest BCUT2D eigenvalue weighted by atomic mass is 10.1. The molecule has 0 unspecified atom stereocenters. The lowest BCUT2D eigenvalue weighted by molar-refractivity contribution is -0.144. The summed E-state index contributed by atoms with van der Waals surface area (Å²) < 4.78 is 169. The number of halogens is 13. The zero-order valence-electron chi connectivity index (χ0n) is 39.9. The quantitative estimate of drug-likeness (QED) is 0.0350. The van der Waals surface area contributed by atoms with Gasteiger partial charge < -0.3 is 49.6 Å². The molecule has 5 N–H and O–H groups in total. The Morgan fingerprint density at radius 2 is 0.753 bits per heavy atom. The van der Waals surface area contributed by atoms with Crippen molar-refractivity contribution in [2.45, 2.75) is 24.7 Å². The van der Waals surface area contributed by atoms with E-state index in [-0.39, 0.29) is 48.7 Å². The molecule has 8 rings (SSSR count). The maximum Gasteiger partial charge on any atom is 0.416 e. The molecule has 27 heteroatoms. The molecule has 412 valence electrons. The first kappa shape index (κ1) is 60.4. The maximum atomic E-state index is 13.1. The number of para-hydroxylation sites is 4.